The molecule has 2 aromatic rings. The van der Waals surface area contributed by atoms with E-state index in [0.717, 1.165) is 24.3 Å². The maximum absolute atomic E-state index is 13.3. The third-order valence-corrected chi connectivity index (χ3v) is 2.78. The Morgan fingerprint density at radius 3 is 2.16 bits per heavy atom. The molecule has 0 heterocycles. The number of carbonyl (C=O) groups is 1. The van der Waals surface area contributed by atoms with E-state index < -0.39 is 11.6 Å². The summed E-state index contributed by atoms with van der Waals surface area (Å²) in [4.78, 5) is 11.8. The molecule has 4 heteroatoms. The first-order valence-electron chi connectivity index (χ1n) is 5.50. The molecule has 0 N–H and O–H groups in total. The Kier molecular flexibility index (Phi) is 4.07. The van der Waals surface area contributed by atoms with Crippen LogP contribution in [0.5, 0.6) is 0 Å². The molecule has 0 aliphatic heterocycles. The first-order chi connectivity index (χ1) is 9.08. The number of benzene rings is 2. The maximum atomic E-state index is 13.3. The second kappa shape index (κ2) is 5.76. The standard InChI is InChI=1S/C15H9ClF2O/c16-11-6-4-10(5-7-11)15(19)9-8-12-13(17)2-1-3-14(12)18/h1-9H/b9-8+. The fourth-order valence-corrected chi connectivity index (χ4v) is 1.67. The molecule has 0 atom stereocenters. The fraction of sp³-hybridized carbons (Fsp3) is 0. The Balaban J connectivity index is 2.23. The summed E-state index contributed by atoms with van der Waals surface area (Å²) in [5.41, 5.74) is 0.169. The van der Waals surface area contributed by atoms with Gasteiger partial charge in [0.25, 0.3) is 0 Å². The zero-order valence-corrected chi connectivity index (χ0v) is 10.5. The van der Waals surface area contributed by atoms with Gasteiger partial charge in [-0.1, -0.05) is 17.7 Å². The molecule has 0 fully saturated rings. The molecule has 0 radical (unpaired) electrons. The van der Waals surface area contributed by atoms with Crippen molar-refractivity contribution in [1.29, 1.82) is 0 Å². The van der Waals surface area contributed by atoms with Crippen LogP contribution in [0.25, 0.3) is 6.08 Å². The summed E-state index contributed by atoms with van der Waals surface area (Å²) < 4.78 is 26.7. The molecule has 0 spiro atoms. The molecular weight excluding hydrogens is 270 g/mol. The van der Waals surface area contributed by atoms with Gasteiger partial charge in [0.15, 0.2) is 5.78 Å². The van der Waals surface area contributed by atoms with E-state index in [1.165, 1.54) is 6.07 Å². The molecule has 19 heavy (non-hydrogen) atoms. The molecule has 2 aromatic carbocycles. The summed E-state index contributed by atoms with van der Waals surface area (Å²) in [6, 6.07) is 9.78. The highest BCUT2D eigenvalue weighted by Crippen LogP contribution is 2.15. The number of carbonyl (C=O) groups excluding carboxylic acids is 1. The van der Waals surface area contributed by atoms with Crippen LogP contribution in [0.3, 0.4) is 0 Å². The molecule has 2 rings (SSSR count). The van der Waals surface area contributed by atoms with Crippen LogP contribution in [0.15, 0.2) is 48.5 Å². The lowest BCUT2D eigenvalue weighted by Gasteiger charge is -1.99. The smallest absolute Gasteiger partial charge is 0.185 e. The zero-order chi connectivity index (χ0) is 13.8. The van der Waals surface area contributed by atoms with Crippen molar-refractivity contribution in [2.75, 3.05) is 0 Å². The quantitative estimate of drug-likeness (QED) is 0.596. The average molecular weight is 279 g/mol. The number of hydrogen-bond donors (Lipinski definition) is 0. The first kappa shape index (κ1) is 13.4. The SMILES string of the molecule is O=C(/C=C/c1c(F)cccc1F)c1ccc(Cl)cc1. The monoisotopic (exact) mass is 278 g/mol. The van der Waals surface area contributed by atoms with Crippen molar-refractivity contribution in [1.82, 2.24) is 0 Å². The van der Waals surface area contributed by atoms with Gasteiger partial charge in [0, 0.05) is 16.1 Å². The van der Waals surface area contributed by atoms with Crippen molar-refractivity contribution in [2.24, 2.45) is 0 Å². The number of hydrogen-bond acceptors (Lipinski definition) is 1. The number of allylic oxidation sites excluding steroid dienone is 1. The van der Waals surface area contributed by atoms with Crippen molar-refractivity contribution in [3.05, 3.63) is 76.3 Å². The van der Waals surface area contributed by atoms with E-state index in [-0.39, 0.29) is 11.3 Å². The molecule has 0 aliphatic rings. The van der Waals surface area contributed by atoms with Crippen LogP contribution in [0.1, 0.15) is 15.9 Å². The summed E-state index contributed by atoms with van der Waals surface area (Å²) >= 11 is 5.70. The van der Waals surface area contributed by atoms with E-state index in [2.05, 4.69) is 0 Å². The normalized spacial score (nSPS) is 10.9. The predicted octanol–water partition coefficient (Wildman–Crippen LogP) is 4.51. The molecule has 0 aromatic heterocycles. The van der Waals surface area contributed by atoms with Crippen LogP contribution < -0.4 is 0 Å². The highest BCUT2D eigenvalue weighted by molar-refractivity contribution is 6.30. The summed E-state index contributed by atoms with van der Waals surface area (Å²) in [5.74, 6) is -1.76. The summed E-state index contributed by atoms with van der Waals surface area (Å²) in [6.45, 7) is 0. The van der Waals surface area contributed by atoms with Crippen LogP contribution in [0, 0.1) is 11.6 Å². The van der Waals surface area contributed by atoms with E-state index in [0.29, 0.717) is 10.6 Å². The second-order valence-corrected chi connectivity index (χ2v) is 4.28. The summed E-state index contributed by atoms with van der Waals surface area (Å²) in [6.07, 6.45) is 2.26. The van der Waals surface area contributed by atoms with Gasteiger partial charge in [-0.3, -0.25) is 4.79 Å². The Morgan fingerprint density at radius 2 is 1.58 bits per heavy atom. The van der Waals surface area contributed by atoms with Gasteiger partial charge in [-0.15, -0.1) is 0 Å². The van der Waals surface area contributed by atoms with Gasteiger partial charge >= 0.3 is 0 Å². The number of ketones is 1. The van der Waals surface area contributed by atoms with Gasteiger partial charge < -0.3 is 0 Å². The van der Waals surface area contributed by atoms with Gasteiger partial charge in [-0.05, 0) is 48.6 Å². The van der Waals surface area contributed by atoms with Gasteiger partial charge in [0.05, 0.1) is 0 Å². The van der Waals surface area contributed by atoms with Gasteiger partial charge in [-0.25, -0.2) is 8.78 Å². The Morgan fingerprint density at radius 1 is 1.00 bits per heavy atom. The highest BCUT2D eigenvalue weighted by Gasteiger charge is 2.06. The van der Waals surface area contributed by atoms with E-state index >= 15 is 0 Å². The second-order valence-electron chi connectivity index (χ2n) is 3.84. The van der Waals surface area contributed by atoms with Crippen LogP contribution >= 0.6 is 11.6 Å². The van der Waals surface area contributed by atoms with E-state index in [9.17, 15) is 13.6 Å². The molecule has 96 valence electrons. The van der Waals surface area contributed by atoms with E-state index in [1.54, 1.807) is 24.3 Å². The minimum Gasteiger partial charge on any atom is -0.289 e. The third-order valence-electron chi connectivity index (χ3n) is 2.53. The van der Waals surface area contributed by atoms with Gasteiger partial charge in [0.1, 0.15) is 11.6 Å². The molecular formula is C15H9ClF2O. The van der Waals surface area contributed by atoms with Crippen molar-refractivity contribution < 1.29 is 13.6 Å². The Hall–Kier alpha value is -2.00. The number of halogens is 3. The van der Waals surface area contributed by atoms with Crippen LogP contribution in [-0.4, -0.2) is 5.78 Å². The minimum atomic E-state index is -0.708. The van der Waals surface area contributed by atoms with Gasteiger partial charge in [0.2, 0.25) is 0 Å². The lowest BCUT2D eigenvalue weighted by Crippen LogP contribution is -1.94. The molecule has 0 bridgehead atoms. The largest absolute Gasteiger partial charge is 0.289 e. The highest BCUT2D eigenvalue weighted by atomic mass is 35.5. The van der Waals surface area contributed by atoms with E-state index in [4.69, 9.17) is 11.6 Å². The summed E-state index contributed by atoms with van der Waals surface area (Å²) in [7, 11) is 0. The Bertz CT molecular complexity index is 613. The van der Waals surface area contributed by atoms with Crippen molar-refractivity contribution >= 4 is 23.5 Å². The maximum Gasteiger partial charge on any atom is 0.185 e. The molecule has 0 amide bonds. The van der Waals surface area contributed by atoms with E-state index in [1.807, 2.05) is 0 Å². The van der Waals surface area contributed by atoms with Crippen LogP contribution in [0.2, 0.25) is 5.02 Å². The fourth-order valence-electron chi connectivity index (χ4n) is 1.54. The molecule has 0 aliphatic carbocycles. The molecule has 0 saturated carbocycles. The first-order valence-corrected chi connectivity index (χ1v) is 5.88. The lowest BCUT2D eigenvalue weighted by molar-refractivity contribution is 0.104. The molecule has 0 unspecified atom stereocenters. The predicted molar refractivity (Wildman–Crippen MR) is 71.2 cm³/mol. The molecule has 0 saturated heterocycles. The zero-order valence-electron chi connectivity index (χ0n) is 9.74. The Labute approximate surface area is 114 Å². The third kappa shape index (κ3) is 3.26. The van der Waals surface area contributed by atoms with Crippen molar-refractivity contribution in [3.63, 3.8) is 0 Å². The minimum absolute atomic E-state index is 0.232. The van der Waals surface area contributed by atoms with Crippen LogP contribution in [-0.2, 0) is 0 Å². The number of rotatable bonds is 3. The van der Waals surface area contributed by atoms with Crippen molar-refractivity contribution in [3.8, 4) is 0 Å². The topological polar surface area (TPSA) is 17.1 Å². The van der Waals surface area contributed by atoms with Gasteiger partial charge in [-0.2, -0.15) is 0 Å². The summed E-state index contributed by atoms with van der Waals surface area (Å²) in [5, 5.41) is 0.515. The molecule has 1 nitrogen and oxygen atoms in total. The van der Waals surface area contributed by atoms with Crippen LogP contribution in [0.4, 0.5) is 8.78 Å². The lowest BCUT2D eigenvalue weighted by atomic mass is 10.1. The average Bonchev–Trinajstić information content (AvgIpc) is 2.38. The van der Waals surface area contributed by atoms with Crippen molar-refractivity contribution in [2.45, 2.75) is 0 Å².